The predicted octanol–water partition coefficient (Wildman–Crippen LogP) is 3.13. The molecule has 1 amide bonds. The maximum Gasteiger partial charge on any atom is 0.341 e. The number of carbonyl (C=O) groups excluding carboxylic acids is 2. The molecular formula is C13H14N2O3S2. The van der Waals surface area contributed by atoms with Crippen molar-refractivity contribution in [1.82, 2.24) is 0 Å². The first kappa shape index (κ1) is 14.5. The lowest BCUT2D eigenvalue weighted by molar-refractivity contribution is 0.0528. The molecule has 5 nitrogen and oxygen atoms in total. The molecule has 0 aliphatic rings. The zero-order chi connectivity index (χ0) is 14.7. The zero-order valence-electron chi connectivity index (χ0n) is 11.1. The van der Waals surface area contributed by atoms with E-state index in [1.165, 1.54) is 22.7 Å². The van der Waals surface area contributed by atoms with Crippen LogP contribution in [0.15, 0.2) is 17.5 Å². The third kappa shape index (κ3) is 3.00. The lowest BCUT2D eigenvalue weighted by Crippen LogP contribution is -2.13. The van der Waals surface area contributed by atoms with Gasteiger partial charge in [0.15, 0.2) is 0 Å². The topological polar surface area (TPSA) is 81.4 Å². The number of hydrogen-bond acceptors (Lipinski definition) is 6. The van der Waals surface area contributed by atoms with Gasteiger partial charge in [0.1, 0.15) is 5.00 Å². The van der Waals surface area contributed by atoms with Crippen LogP contribution in [0.2, 0.25) is 0 Å². The number of hydrogen-bond donors (Lipinski definition) is 2. The summed E-state index contributed by atoms with van der Waals surface area (Å²) in [6.45, 7) is 3.88. The van der Waals surface area contributed by atoms with Gasteiger partial charge in [0.05, 0.1) is 17.0 Å². The summed E-state index contributed by atoms with van der Waals surface area (Å²) in [4.78, 5) is 25.2. The molecule has 7 heteroatoms. The van der Waals surface area contributed by atoms with E-state index < -0.39 is 5.97 Å². The molecule has 2 heterocycles. The van der Waals surface area contributed by atoms with Crippen molar-refractivity contribution < 1.29 is 14.3 Å². The average Bonchev–Trinajstić information content (AvgIpc) is 2.98. The first-order valence-electron chi connectivity index (χ1n) is 5.94. The Balaban J connectivity index is 2.16. The SMILES string of the molecule is CCOC(=O)c1ccsc1NC(=O)c1cc(N)c(C)s1. The highest BCUT2D eigenvalue weighted by molar-refractivity contribution is 7.16. The van der Waals surface area contributed by atoms with Crippen molar-refractivity contribution in [3.05, 3.63) is 32.8 Å². The van der Waals surface area contributed by atoms with E-state index in [0.29, 0.717) is 27.7 Å². The van der Waals surface area contributed by atoms with E-state index in [2.05, 4.69) is 5.32 Å². The number of esters is 1. The van der Waals surface area contributed by atoms with Crippen molar-refractivity contribution in [3.63, 3.8) is 0 Å². The van der Waals surface area contributed by atoms with E-state index in [0.717, 1.165) is 4.88 Å². The van der Waals surface area contributed by atoms with Crippen molar-refractivity contribution in [1.29, 1.82) is 0 Å². The molecule has 3 N–H and O–H groups in total. The fraction of sp³-hybridized carbons (Fsp3) is 0.231. The molecule has 0 radical (unpaired) electrons. The molecule has 0 spiro atoms. The minimum Gasteiger partial charge on any atom is -0.462 e. The molecule has 0 bridgehead atoms. The number of nitrogens with two attached hydrogens (primary N) is 1. The Morgan fingerprint density at radius 2 is 2.20 bits per heavy atom. The summed E-state index contributed by atoms with van der Waals surface area (Å²) in [5.41, 5.74) is 6.69. The molecule has 0 saturated carbocycles. The highest BCUT2D eigenvalue weighted by Gasteiger charge is 2.18. The summed E-state index contributed by atoms with van der Waals surface area (Å²) in [6, 6.07) is 3.26. The molecule has 106 valence electrons. The van der Waals surface area contributed by atoms with E-state index in [1.54, 1.807) is 24.4 Å². The number of anilines is 2. The first-order valence-corrected chi connectivity index (χ1v) is 7.64. The highest BCUT2D eigenvalue weighted by Crippen LogP contribution is 2.27. The smallest absolute Gasteiger partial charge is 0.341 e. The second-order valence-corrected chi connectivity index (χ2v) is 6.13. The van der Waals surface area contributed by atoms with Gasteiger partial charge < -0.3 is 15.8 Å². The number of thiophene rings is 2. The third-order valence-electron chi connectivity index (χ3n) is 2.57. The molecular weight excluding hydrogens is 296 g/mol. The fourth-order valence-corrected chi connectivity index (χ4v) is 3.15. The average molecular weight is 310 g/mol. The number of nitrogen functional groups attached to an aromatic ring is 1. The molecule has 2 aromatic rings. The predicted molar refractivity (Wildman–Crippen MR) is 81.7 cm³/mol. The van der Waals surface area contributed by atoms with Crippen LogP contribution in [0.3, 0.4) is 0 Å². The number of ether oxygens (including phenoxy) is 1. The summed E-state index contributed by atoms with van der Waals surface area (Å²) in [5, 5.41) is 4.94. The van der Waals surface area contributed by atoms with Gasteiger partial charge >= 0.3 is 5.97 Å². The minimum absolute atomic E-state index is 0.275. The molecule has 0 fully saturated rings. The number of amides is 1. The summed E-state index contributed by atoms with van der Waals surface area (Å²) >= 11 is 2.60. The summed E-state index contributed by atoms with van der Waals surface area (Å²) in [7, 11) is 0. The number of rotatable bonds is 4. The van der Waals surface area contributed by atoms with Crippen LogP contribution in [0.4, 0.5) is 10.7 Å². The first-order chi connectivity index (χ1) is 9.52. The Labute approximate surface area is 124 Å². The van der Waals surface area contributed by atoms with E-state index >= 15 is 0 Å². The molecule has 0 saturated heterocycles. The van der Waals surface area contributed by atoms with Gasteiger partial charge in [-0.1, -0.05) is 0 Å². The maximum absolute atomic E-state index is 12.1. The Bertz CT molecular complexity index is 626. The second-order valence-electron chi connectivity index (χ2n) is 3.96. The monoisotopic (exact) mass is 310 g/mol. The molecule has 0 aliphatic carbocycles. The van der Waals surface area contributed by atoms with E-state index in [9.17, 15) is 9.59 Å². The second kappa shape index (κ2) is 6.06. The van der Waals surface area contributed by atoms with Crippen LogP contribution in [0.5, 0.6) is 0 Å². The molecule has 0 aromatic carbocycles. The summed E-state index contributed by atoms with van der Waals surface area (Å²) < 4.78 is 4.94. The van der Waals surface area contributed by atoms with Gasteiger partial charge in [0.2, 0.25) is 0 Å². The maximum atomic E-state index is 12.1. The lowest BCUT2D eigenvalue weighted by atomic mass is 10.3. The number of aryl methyl sites for hydroxylation is 1. The Hall–Kier alpha value is -1.86. The number of nitrogens with one attached hydrogen (secondary N) is 1. The van der Waals surface area contributed by atoms with Crippen molar-refractivity contribution >= 4 is 45.2 Å². The molecule has 2 aromatic heterocycles. The molecule has 2 rings (SSSR count). The van der Waals surface area contributed by atoms with E-state index in [-0.39, 0.29) is 5.91 Å². The minimum atomic E-state index is -0.439. The van der Waals surface area contributed by atoms with Crippen molar-refractivity contribution in [2.45, 2.75) is 13.8 Å². The number of carbonyl (C=O) groups is 2. The van der Waals surface area contributed by atoms with E-state index in [1.807, 2.05) is 6.92 Å². The van der Waals surface area contributed by atoms with E-state index in [4.69, 9.17) is 10.5 Å². The molecule has 0 atom stereocenters. The summed E-state index contributed by atoms with van der Waals surface area (Å²) in [5.74, 6) is -0.714. The standard InChI is InChI=1S/C13H14N2O3S2/c1-3-18-13(17)8-4-5-19-12(8)15-11(16)10-6-9(14)7(2)20-10/h4-6H,3,14H2,1-2H3,(H,15,16). The van der Waals surface area contributed by atoms with Crippen LogP contribution in [-0.4, -0.2) is 18.5 Å². The summed E-state index contributed by atoms with van der Waals surface area (Å²) in [6.07, 6.45) is 0. The van der Waals surface area contributed by atoms with Crippen LogP contribution in [0.25, 0.3) is 0 Å². The van der Waals surface area contributed by atoms with Crippen LogP contribution in [-0.2, 0) is 4.74 Å². The quantitative estimate of drug-likeness (QED) is 0.850. The van der Waals surface area contributed by atoms with Gasteiger partial charge in [0.25, 0.3) is 5.91 Å². The van der Waals surface area contributed by atoms with Gasteiger partial charge in [-0.3, -0.25) is 4.79 Å². The van der Waals surface area contributed by atoms with Gasteiger partial charge in [-0.2, -0.15) is 0 Å². The van der Waals surface area contributed by atoms with Gasteiger partial charge in [-0.15, -0.1) is 22.7 Å². The normalized spacial score (nSPS) is 10.3. The Morgan fingerprint density at radius 3 is 2.80 bits per heavy atom. The van der Waals surface area contributed by atoms with Crippen molar-refractivity contribution in [2.75, 3.05) is 17.7 Å². The van der Waals surface area contributed by atoms with Gasteiger partial charge in [0, 0.05) is 10.6 Å². The van der Waals surface area contributed by atoms with Crippen LogP contribution < -0.4 is 11.1 Å². The largest absolute Gasteiger partial charge is 0.462 e. The third-order valence-corrected chi connectivity index (χ3v) is 4.46. The zero-order valence-corrected chi connectivity index (χ0v) is 12.7. The molecule has 20 heavy (non-hydrogen) atoms. The van der Waals surface area contributed by atoms with Crippen LogP contribution >= 0.6 is 22.7 Å². The van der Waals surface area contributed by atoms with Crippen LogP contribution in [0, 0.1) is 6.92 Å². The van der Waals surface area contributed by atoms with Gasteiger partial charge in [-0.25, -0.2) is 4.79 Å². The van der Waals surface area contributed by atoms with Crippen molar-refractivity contribution in [3.8, 4) is 0 Å². The Morgan fingerprint density at radius 1 is 1.45 bits per heavy atom. The fourth-order valence-electron chi connectivity index (χ4n) is 1.55. The lowest BCUT2D eigenvalue weighted by Gasteiger charge is -2.04. The van der Waals surface area contributed by atoms with Crippen LogP contribution in [0.1, 0.15) is 31.8 Å². The Kier molecular flexibility index (Phi) is 4.41. The molecule has 0 aliphatic heterocycles. The van der Waals surface area contributed by atoms with Gasteiger partial charge in [-0.05, 0) is 31.4 Å². The highest BCUT2D eigenvalue weighted by atomic mass is 32.1. The van der Waals surface area contributed by atoms with Crippen molar-refractivity contribution in [2.24, 2.45) is 0 Å². The molecule has 0 unspecified atom stereocenters.